The Morgan fingerprint density at radius 3 is 2.81 bits per heavy atom. The summed E-state index contributed by atoms with van der Waals surface area (Å²) < 4.78 is 0. The van der Waals surface area contributed by atoms with E-state index in [1.165, 1.54) is 12.3 Å². The van der Waals surface area contributed by atoms with Crippen molar-refractivity contribution in [2.45, 2.75) is 13.0 Å². The van der Waals surface area contributed by atoms with Crippen LogP contribution >= 0.6 is 0 Å². The summed E-state index contributed by atoms with van der Waals surface area (Å²) in [4.78, 5) is 33.7. The molecule has 3 N–H and O–H groups in total. The van der Waals surface area contributed by atoms with Crippen LogP contribution in [-0.2, 0) is 0 Å². The van der Waals surface area contributed by atoms with Crippen LogP contribution in [0.2, 0.25) is 0 Å². The number of rotatable bonds is 3. The number of benzene rings is 1. The second-order valence-corrected chi connectivity index (χ2v) is 4.75. The molecule has 0 aliphatic rings. The predicted octanol–water partition coefficient (Wildman–Crippen LogP) is 1.74. The van der Waals surface area contributed by atoms with Crippen LogP contribution in [-0.4, -0.2) is 20.9 Å². The van der Waals surface area contributed by atoms with E-state index in [1.54, 1.807) is 6.07 Å². The summed E-state index contributed by atoms with van der Waals surface area (Å²) in [5.41, 5.74) is 1.42. The molecule has 1 amide bonds. The second kappa shape index (κ2) is 5.24. The number of pyridine rings is 1. The van der Waals surface area contributed by atoms with Gasteiger partial charge in [-0.2, -0.15) is 0 Å². The van der Waals surface area contributed by atoms with E-state index in [1.807, 2.05) is 31.2 Å². The molecule has 2 heterocycles. The fraction of sp³-hybridized carbons (Fsp3) is 0.133. The molecule has 1 atom stereocenters. The van der Waals surface area contributed by atoms with Crippen LogP contribution in [0.15, 0.2) is 47.4 Å². The van der Waals surface area contributed by atoms with Crippen LogP contribution in [0.1, 0.15) is 29.1 Å². The van der Waals surface area contributed by atoms with Gasteiger partial charge < -0.3 is 15.3 Å². The molecule has 0 unspecified atom stereocenters. The zero-order valence-electron chi connectivity index (χ0n) is 11.4. The van der Waals surface area contributed by atoms with Crippen molar-refractivity contribution in [1.82, 2.24) is 20.3 Å². The normalized spacial score (nSPS) is 12.2. The number of imidazole rings is 1. The van der Waals surface area contributed by atoms with Crippen molar-refractivity contribution in [2.75, 3.05) is 0 Å². The number of nitrogens with zero attached hydrogens (tertiary/aromatic N) is 1. The molecule has 1 aromatic carbocycles. The highest BCUT2D eigenvalue weighted by Gasteiger charge is 2.16. The largest absolute Gasteiger partial charge is 0.342 e. The third kappa shape index (κ3) is 2.55. The second-order valence-electron chi connectivity index (χ2n) is 4.75. The fourth-order valence-electron chi connectivity index (χ4n) is 2.12. The monoisotopic (exact) mass is 282 g/mol. The van der Waals surface area contributed by atoms with Crippen LogP contribution in [0.25, 0.3) is 11.0 Å². The van der Waals surface area contributed by atoms with E-state index in [4.69, 9.17) is 0 Å². The van der Waals surface area contributed by atoms with Crippen molar-refractivity contribution in [3.05, 3.63) is 64.3 Å². The van der Waals surface area contributed by atoms with Gasteiger partial charge in [0.1, 0.15) is 11.4 Å². The van der Waals surface area contributed by atoms with Crippen LogP contribution in [0, 0.1) is 0 Å². The average Bonchev–Trinajstić information content (AvgIpc) is 2.91. The molecule has 106 valence electrons. The number of aromatic amines is 2. The molecular weight excluding hydrogens is 268 g/mol. The van der Waals surface area contributed by atoms with Gasteiger partial charge in [0.25, 0.3) is 11.5 Å². The lowest BCUT2D eigenvalue weighted by molar-refractivity contribution is 0.0937. The van der Waals surface area contributed by atoms with E-state index in [9.17, 15) is 9.59 Å². The minimum atomic E-state index is -0.426. The van der Waals surface area contributed by atoms with Gasteiger partial charge in [0.15, 0.2) is 0 Å². The number of para-hydroxylation sites is 2. The quantitative estimate of drug-likeness (QED) is 0.683. The maximum absolute atomic E-state index is 12.1. The first-order valence-electron chi connectivity index (χ1n) is 6.58. The summed E-state index contributed by atoms with van der Waals surface area (Å²) in [5.74, 6) is 0.224. The predicted molar refractivity (Wildman–Crippen MR) is 79.0 cm³/mol. The Bertz CT molecular complexity index is 817. The molecular formula is C15H14N4O2. The molecule has 0 aliphatic carbocycles. The number of nitrogens with one attached hydrogen (secondary N) is 3. The summed E-state index contributed by atoms with van der Waals surface area (Å²) in [6.07, 6.45) is 1.49. The molecule has 6 heteroatoms. The zero-order chi connectivity index (χ0) is 14.8. The van der Waals surface area contributed by atoms with Gasteiger partial charge >= 0.3 is 0 Å². The highest BCUT2D eigenvalue weighted by molar-refractivity contribution is 5.94. The Balaban J connectivity index is 1.83. The zero-order valence-corrected chi connectivity index (χ0v) is 11.4. The fourth-order valence-corrected chi connectivity index (χ4v) is 2.12. The van der Waals surface area contributed by atoms with Crippen molar-refractivity contribution in [3.63, 3.8) is 0 Å². The number of fused-ring (bicyclic) bond motifs is 1. The Labute approximate surface area is 120 Å². The van der Waals surface area contributed by atoms with Gasteiger partial charge in [-0.15, -0.1) is 0 Å². The van der Waals surface area contributed by atoms with Gasteiger partial charge in [0.05, 0.1) is 17.1 Å². The van der Waals surface area contributed by atoms with Crippen LogP contribution < -0.4 is 10.9 Å². The lowest BCUT2D eigenvalue weighted by Crippen LogP contribution is -2.31. The van der Waals surface area contributed by atoms with Crippen molar-refractivity contribution < 1.29 is 4.79 Å². The van der Waals surface area contributed by atoms with Crippen molar-refractivity contribution in [1.29, 1.82) is 0 Å². The number of carbonyl (C=O) groups is 1. The number of hydrogen-bond donors (Lipinski definition) is 3. The Morgan fingerprint density at radius 2 is 2.05 bits per heavy atom. The number of H-pyrrole nitrogens is 2. The highest BCUT2D eigenvalue weighted by Crippen LogP contribution is 2.15. The van der Waals surface area contributed by atoms with Crippen LogP contribution in [0.3, 0.4) is 0 Å². The third-order valence-electron chi connectivity index (χ3n) is 3.23. The summed E-state index contributed by atoms with van der Waals surface area (Å²) in [6, 6.07) is 10.4. The number of amides is 1. The standard InChI is InChI=1S/C15H14N4O2/c1-9(13-18-11-6-2-3-7-12(11)19-13)17-15(21)10-5-4-8-16-14(10)20/h2-9H,1H3,(H,16,20)(H,17,21)(H,18,19)/t9-/m0/s1. The summed E-state index contributed by atoms with van der Waals surface area (Å²) in [7, 11) is 0. The molecule has 0 bridgehead atoms. The first-order valence-corrected chi connectivity index (χ1v) is 6.58. The van der Waals surface area contributed by atoms with Gasteiger partial charge in [0, 0.05) is 6.20 Å². The first kappa shape index (κ1) is 13.1. The molecule has 0 fully saturated rings. The molecule has 2 aromatic heterocycles. The first-order chi connectivity index (χ1) is 10.1. The van der Waals surface area contributed by atoms with Crippen molar-refractivity contribution in [2.24, 2.45) is 0 Å². The molecule has 3 rings (SSSR count). The minimum absolute atomic E-state index is 0.0838. The topological polar surface area (TPSA) is 90.6 Å². The van der Waals surface area contributed by atoms with Crippen LogP contribution in [0.5, 0.6) is 0 Å². The molecule has 0 radical (unpaired) electrons. The van der Waals surface area contributed by atoms with Crippen molar-refractivity contribution in [3.8, 4) is 0 Å². The molecule has 21 heavy (non-hydrogen) atoms. The van der Waals surface area contributed by atoms with E-state index in [2.05, 4.69) is 20.3 Å². The minimum Gasteiger partial charge on any atom is -0.342 e. The van der Waals surface area contributed by atoms with E-state index in [0.717, 1.165) is 11.0 Å². The van der Waals surface area contributed by atoms with Gasteiger partial charge in [0.2, 0.25) is 0 Å². The van der Waals surface area contributed by atoms with E-state index < -0.39 is 11.5 Å². The molecule has 0 saturated carbocycles. The maximum atomic E-state index is 12.1. The molecule has 6 nitrogen and oxygen atoms in total. The Kier molecular flexibility index (Phi) is 3.27. The average molecular weight is 282 g/mol. The molecule has 0 spiro atoms. The van der Waals surface area contributed by atoms with E-state index in [-0.39, 0.29) is 11.6 Å². The summed E-state index contributed by atoms with van der Waals surface area (Å²) >= 11 is 0. The van der Waals surface area contributed by atoms with Gasteiger partial charge in [-0.25, -0.2) is 4.98 Å². The van der Waals surface area contributed by atoms with E-state index >= 15 is 0 Å². The molecule has 3 aromatic rings. The smallest absolute Gasteiger partial charge is 0.260 e. The Morgan fingerprint density at radius 1 is 1.24 bits per heavy atom. The summed E-state index contributed by atoms with van der Waals surface area (Å²) in [5, 5.41) is 2.76. The lowest BCUT2D eigenvalue weighted by Gasteiger charge is -2.10. The maximum Gasteiger partial charge on any atom is 0.260 e. The highest BCUT2D eigenvalue weighted by atomic mass is 16.2. The molecule has 0 aliphatic heterocycles. The van der Waals surface area contributed by atoms with Crippen molar-refractivity contribution >= 4 is 16.9 Å². The van der Waals surface area contributed by atoms with Crippen LogP contribution in [0.4, 0.5) is 0 Å². The van der Waals surface area contributed by atoms with E-state index in [0.29, 0.717) is 5.82 Å². The SMILES string of the molecule is C[C@H](NC(=O)c1ccc[nH]c1=O)c1nc2ccccc2[nH]1. The van der Waals surface area contributed by atoms with Gasteiger partial charge in [-0.3, -0.25) is 9.59 Å². The third-order valence-corrected chi connectivity index (χ3v) is 3.23. The molecule has 0 saturated heterocycles. The number of hydrogen-bond acceptors (Lipinski definition) is 3. The summed E-state index contributed by atoms with van der Waals surface area (Å²) in [6.45, 7) is 1.81. The van der Waals surface area contributed by atoms with Gasteiger partial charge in [-0.05, 0) is 31.2 Å². The number of carbonyl (C=O) groups excluding carboxylic acids is 1. The number of aromatic nitrogens is 3. The lowest BCUT2D eigenvalue weighted by atomic mass is 10.2. The van der Waals surface area contributed by atoms with Gasteiger partial charge in [-0.1, -0.05) is 12.1 Å². The Hall–Kier alpha value is -2.89.